The van der Waals surface area contributed by atoms with E-state index in [2.05, 4.69) is 50.9 Å². The van der Waals surface area contributed by atoms with Gasteiger partial charge in [0.2, 0.25) is 0 Å². The number of hydrogen-bond donors (Lipinski definition) is 1. The number of methoxy groups -OCH3 is 1. The van der Waals surface area contributed by atoms with Gasteiger partial charge < -0.3 is 15.0 Å². The van der Waals surface area contributed by atoms with Crippen LogP contribution in [0.25, 0.3) is 0 Å². The van der Waals surface area contributed by atoms with Gasteiger partial charge in [-0.2, -0.15) is 0 Å². The highest BCUT2D eigenvalue weighted by Crippen LogP contribution is 2.41. The summed E-state index contributed by atoms with van der Waals surface area (Å²) in [7, 11) is 1.68. The quantitative estimate of drug-likeness (QED) is 0.666. The topological polar surface area (TPSA) is 37.4 Å². The van der Waals surface area contributed by atoms with Crippen LogP contribution in [0.15, 0.2) is 66.2 Å². The molecule has 26 heavy (non-hydrogen) atoms. The molecule has 1 aliphatic rings. The third kappa shape index (κ3) is 3.30. The zero-order valence-corrected chi connectivity index (χ0v) is 16.0. The lowest BCUT2D eigenvalue weighted by molar-refractivity contribution is 0.315. The van der Waals surface area contributed by atoms with Crippen molar-refractivity contribution < 1.29 is 4.74 Å². The van der Waals surface area contributed by atoms with E-state index in [4.69, 9.17) is 17.0 Å². The summed E-state index contributed by atoms with van der Waals surface area (Å²) in [5.41, 5.74) is 2.20. The number of ether oxygens (including phenoxy) is 1. The Labute approximate surface area is 162 Å². The van der Waals surface area contributed by atoms with Gasteiger partial charge >= 0.3 is 0 Å². The molecule has 0 bridgehead atoms. The maximum atomic E-state index is 5.68. The van der Waals surface area contributed by atoms with Gasteiger partial charge in [-0.25, -0.2) is 0 Å². The summed E-state index contributed by atoms with van der Waals surface area (Å²) >= 11 is 7.44. The normalized spacial score (nSPS) is 19.4. The molecule has 0 spiro atoms. The molecule has 3 heterocycles. The molecule has 132 valence electrons. The van der Waals surface area contributed by atoms with Gasteiger partial charge in [0.25, 0.3) is 0 Å². The summed E-state index contributed by atoms with van der Waals surface area (Å²) in [5.74, 6) is 0.858. The lowest BCUT2D eigenvalue weighted by atomic mass is 10.0. The van der Waals surface area contributed by atoms with Crippen molar-refractivity contribution in [2.24, 2.45) is 0 Å². The second-order valence-electron chi connectivity index (χ2n) is 6.12. The van der Waals surface area contributed by atoms with E-state index < -0.39 is 0 Å². The molecule has 0 aliphatic carbocycles. The molecule has 0 amide bonds. The van der Waals surface area contributed by atoms with Crippen LogP contribution < -0.4 is 10.1 Å². The number of nitrogens with one attached hydrogen (secondary N) is 1. The fourth-order valence-corrected chi connectivity index (χ4v) is 4.45. The average molecular weight is 382 g/mol. The molecule has 1 saturated heterocycles. The van der Waals surface area contributed by atoms with E-state index in [1.807, 2.05) is 30.5 Å². The van der Waals surface area contributed by atoms with Crippen LogP contribution >= 0.6 is 23.6 Å². The van der Waals surface area contributed by atoms with Gasteiger partial charge in [-0.15, -0.1) is 11.3 Å². The summed E-state index contributed by atoms with van der Waals surface area (Å²) in [6.07, 6.45) is 1.83. The number of pyridine rings is 1. The number of aromatic nitrogens is 1. The fourth-order valence-electron chi connectivity index (χ4n) is 3.27. The van der Waals surface area contributed by atoms with Crippen LogP contribution in [0.1, 0.15) is 28.2 Å². The number of rotatable bonds is 5. The zero-order valence-electron chi connectivity index (χ0n) is 14.3. The SMILES string of the molecule is COc1ccc(CN2C(=S)N[C@H](c3ccccn3)[C@@H]2c2cccs2)cc1. The van der Waals surface area contributed by atoms with Crippen molar-refractivity contribution >= 4 is 28.7 Å². The van der Waals surface area contributed by atoms with E-state index in [0.717, 1.165) is 23.1 Å². The monoisotopic (exact) mass is 381 g/mol. The van der Waals surface area contributed by atoms with Crippen molar-refractivity contribution in [1.29, 1.82) is 0 Å². The molecule has 2 aromatic heterocycles. The van der Waals surface area contributed by atoms with Crippen LogP contribution in [0.5, 0.6) is 5.75 Å². The summed E-state index contributed by atoms with van der Waals surface area (Å²) in [4.78, 5) is 8.09. The molecular formula is C20H19N3OS2. The first-order valence-electron chi connectivity index (χ1n) is 8.40. The number of nitrogens with zero attached hydrogens (tertiary/aromatic N) is 2. The van der Waals surface area contributed by atoms with Gasteiger partial charge in [0.1, 0.15) is 5.75 Å². The van der Waals surface area contributed by atoms with Crippen molar-refractivity contribution in [3.63, 3.8) is 0 Å². The minimum absolute atomic E-state index is 0.0422. The van der Waals surface area contributed by atoms with Crippen LogP contribution in [-0.2, 0) is 6.54 Å². The first kappa shape index (κ1) is 17.0. The van der Waals surface area contributed by atoms with E-state index >= 15 is 0 Å². The van der Waals surface area contributed by atoms with Crippen LogP contribution in [0, 0.1) is 0 Å². The van der Waals surface area contributed by atoms with Crippen molar-refractivity contribution in [3.05, 3.63) is 82.3 Å². The van der Waals surface area contributed by atoms with Gasteiger partial charge in [0.15, 0.2) is 5.11 Å². The molecule has 0 radical (unpaired) electrons. The summed E-state index contributed by atoms with van der Waals surface area (Å²) in [5, 5.41) is 6.35. The minimum Gasteiger partial charge on any atom is -0.497 e. The largest absolute Gasteiger partial charge is 0.497 e. The maximum Gasteiger partial charge on any atom is 0.170 e. The van der Waals surface area contributed by atoms with Gasteiger partial charge in [0.05, 0.1) is 24.9 Å². The predicted molar refractivity (Wildman–Crippen MR) is 108 cm³/mol. The predicted octanol–water partition coefficient (Wildman–Crippen LogP) is 4.32. The number of thiophene rings is 1. The smallest absolute Gasteiger partial charge is 0.170 e. The third-order valence-electron chi connectivity index (χ3n) is 4.54. The molecule has 1 aromatic carbocycles. The van der Waals surface area contributed by atoms with E-state index in [1.54, 1.807) is 18.4 Å². The second-order valence-corrected chi connectivity index (χ2v) is 7.48. The Balaban J connectivity index is 1.66. The van der Waals surface area contributed by atoms with E-state index in [1.165, 1.54) is 10.4 Å². The molecule has 1 fully saturated rings. The van der Waals surface area contributed by atoms with Crippen molar-refractivity contribution in [3.8, 4) is 5.75 Å². The van der Waals surface area contributed by atoms with Crippen LogP contribution in [-0.4, -0.2) is 22.1 Å². The lowest BCUT2D eigenvalue weighted by Gasteiger charge is -2.27. The Morgan fingerprint density at radius 1 is 1.15 bits per heavy atom. The molecule has 4 nitrogen and oxygen atoms in total. The first-order chi connectivity index (χ1) is 12.8. The van der Waals surface area contributed by atoms with Crippen molar-refractivity contribution in [1.82, 2.24) is 15.2 Å². The third-order valence-corrected chi connectivity index (χ3v) is 5.84. The summed E-state index contributed by atoms with van der Waals surface area (Å²) < 4.78 is 5.26. The highest BCUT2D eigenvalue weighted by molar-refractivity contribution is 7.80. The van der Waals surface area contributed by atoms with Crippen LogP contribution in [0.2, 0.25) is 0 Å². The molecule has 4 rings (SSSR count). The van der Waals surface area contributed by atoms with Crippen molar-refractivity contribution in [2.45, 2.75) is 18.6 Å². The van der Waals surface area contributed by atoms with E-state index in [9.17, 15) is 0 Å². The van der Waals surface area contributed by atoms with Gasteiger partial charge in [-0.1, -0.05) is 24.3 Å². The summed E-state index contributed by atoms with van der Waals surface area (Å²) in [6.45, 7) is 0.738. The standard InChI is InChI=1S/C20H19N3OS2/c1-24-15-9-7-14(8-10-15)13-23-19(17-6-4-12-26-17)18(22-20(23)25)16-5-2-3-11-21-16/h2-12,18-19H,13H2,1H3,(H,22,25)/t18-,19+/m1/s1. The Morgan fingerprint density at radius 2 is 2.00 bits per heavy atom. The Kier molecular flexibility index (Phi) is 4.86. The highest BCUT2D eigenvalue weighted by atomic mass is 32.1. The second kappa shape index (κ2) is 7.43. The fraction of sp³-hybridized carbons (Fsp3) is 0.200. The number of benzene rings is 1. The Bertz CT molecular complexity index is 866. The van der Waals surface area contributed by atoms with Crippen LogP contribution in [0.4, 0.5) is 0 Å². The molecule has 6 heteroatoms. The molecule has 1 aliphatic heterocycles. The average Bonchev–Trinajstić information content (AvgIpc) is 3.32. The van der Waals surface area contributed by atoms with E-state index in [-0.39, 0.29) is 12.1 Å². The molecular weight excluding hydrogens is 362 g/mol. The molecule has 1 N–H and O–H groups in total. The van der Waals surface area contributed by atoms with Gasteiger partial charge in [-0.3, -0.25) is 4.98 Å². The molecule has 0 saturated carbocycles. The van der Waals surface area contributed by atoms with E-state index in [0.29, 0.717) is 0 Å². The Hall–Kier alpha value is -2.44. The van der Waals surface area contributed by atoms with Crippen molar-refractivity contribution in [2.75, 3.05) is 7.11 Å². The molecule has 3 aromatic rings. The first-order valence-corrected chi connectivity index (χ1v) is 9.69. The summed E-state index contributed by atoms with van der Waals surface area (Å²) in [6, 6.07) is 18.6. The van der Waals surface area contributed by atoms with Gasteiger partial charge in [0, 0.05) is 17.6 Å². The van der Waals surface area contributed by atoms with Crippen LogP contribution in [0.3, 0.4) is 0 Å². The highest BCUT2D eigenvalue weighted by Gasteiger charge is 2.40. The Morgan fingerprint density at radius 3 is 2.65 bits per heavy atom. The zero-order chi connectivity index (χ0) is 17.9. The molecule has 0 unspecified atom stereocenters. The lowest BCUT2D eigenvalue weighted by Crippen LogP contribution is -2.28. The number of hydrogen-bond acceptors (Lipinski definition) is 4. The molecule has 2 atom stereocenters. The number of thiocarbonyl (C=S) groups is 1. The minimum atomic E-state index is 0.0422. The van der Waals surface area contributed by atoms with Gasteiger partial charge in [-0.05, 0) is 53.5 Å². The maximum absolute atomic E-state index is 5.68.